The summed E-state index contributed by atoms with van der Waals surface area (Å²) in [6, 6.07) is 9.75. The van der Waals surface area contributed by atoms with Crippen molar-refractivity contribution in [3.05, 3.63) is 65.1 Å². The first-order chi connectivity index (χ1) is 13.0. The summed E-state index contributed by atoms with van der Waals surface area (Å²) in [5, 5.41) is 2.88. The average molecular weight is 365 g/mol. The minimum atomic E-state index is -0.619. The molecule has 0 fully saturated rings. The molecule has 0 spiro atoms. The number of amides is 1. The summed E-state index contributed by atoms with van der Waals surface area (Å²) >= 11 is 0. The Morgan fingerprint density at radius 1 is 1.15 bits per heavy atom. The van der Waals surface area contributed by atoms with E-state index < -0.39 is 5.97 Å². The molecule has 6 nitrogen and oxygen atoms in total. The third-order valence-electron chi connectivity index (χ3n) is 4.42. The van der Waals surface area contributed by atoms with Crippen LogP contribution in [0.5, 0.6) is 0 Å². The molecule has 0 saturated heterocycles. The van der Waals surface area contributed by atoms with E-state index >= 15 is 0 Å². The van der Waals surface area contributed by atoms with Crippen LogP contribution in [0.25, 0.3) is 5.65 Å². The lowest BCUT2D eigenvalue weighted by atomic mass is 10.0. The molecule has 0 atom stereocenters. The molecular weight excluding hydrogens is 342 g/mol. The first-order valence-corrected chi connectivity index (χ1v) is 9.05. The molecule has 3 rings (SSSR count). The molecule has 2 aromatic heterocycles. The largest absolute Gasteiger partial charge is 0.451 e. The van der Waals surface area contributed by atoms with Crippen molar-refractivity contribution in [2.45, 2.75) is 33.6 Å². The normalized spacial score (nSPS) is 10.8. The summed E-state index contributed by atoms with van der Waals surface area (Å²) in [6.07, 6.45) is 5.04. The molecule has 0 saturated carbocycles. The van der Waals surface area contributed by atoms with Crippen molar-refractivity contribution >= 4 is 23.2 Å². The molecule has 27 heavy (non-hydrogen) atoms. The predicted octanol–water partition coefficient (Wildman–Crippen LogP) is 3.56. The van der Waals surface area contributed by atoms with Gasteiger partial charge in [0.15, 0.2) is 12.3 Å². The molecule has 0 unspecified atom stereocenters. The van der Waals surface area contributed by atoms with E-state index in [0.717, 1.165) is 35.2 Å². The number of aryl methyl sites for hydroxylation is 3. The number of fused-ring (bicyclic) bond motifs is 1. The number of anilines is 1. The van der Waals surface area contributed by atoms with Crippen molar-refractivity contribution < 1.29 is 14.3 Å². The Balaban J connectivity index is 1.66. The van der Waals surface area contributed by atoms with Crippen LogP contribution < -0.4 is 5.32 Å². The van der Waals surface area contributed by atoms with Gasteiger partial charge in [-0.1, -0.05) is 32.0 Å². The van der Waals surface area contributed by atoms with Crippen LogP contribution in [-0.2, 0) is 22.4 Å². The van der Waals surface area contributed by atoms with Crippen molar-refractivity contribution in [3.63, 3.8) is 0 Å². The fourth-order valence-electron chi connectivity index (χ4n) is 2.97. The van der Waals surface area contributed by atoms with Crippen LogP contribution in [0, 0.1) is 6.92 Å². The summed E-state index contributed by atoms with van der Waals surface area (Å²) < 4.78 is 6.89. The molecule has 3 aromatic rings. The number of imidazole rings is 1. The smallest absolute Gasteiger partial charge is 0.359 e. The molecule has 0 bridgehead atoms. The van der Waals surface area contributed by atoms with E-state index in [1.165, 1.54) is 0 Å². The maximum absolute atomic E-state index is 12.3. The van der Waals surface area contributed by atoms with Crippen LogP contribution in [0.15, 0.2) is 42.7 Å². The first kappa shape index (κ1) is 18.6. The highest BCUT2D eigenvalue weighted by Crippen LogP contribution is 2.22. The Kier molecular flexibility index (Phi) is 5.54. The fourth-order valence-corrected chi connectivity index (χ4v) is 2.97. The summed E-state index contributed by atoms with van der Waals surface area (Å²) in [5.74, 6) is -0.982. The number of pyridine rings is 1. The molecule has 0 aliphatic heterocycles. The number of carbonyl (C=O) groups is 2. The lowest BCUT2D eigenvalue weighted by molar-refractivity contribution is -0.119. The van der Waals surface area contributed by atoms with Gasteiger partial charge in [-0.05, 0) is 48.6 Å². The minimum Gasteiger partial charge on any atom is -0.451 e. The number of aromatic nitrogens is 2. The molecule has 1 aromatic carbocycles. The molecule has 140 valence electrons. The van der Waals surface area contributed by atoms with Crippen molar-refractivity contribution in [2.24, 2.45) is 0 Å². The van der Waals surface area contributed by atoms with E-state index in [0.29, 0.717) is 5.65 Å². The van der Waals surface area contributed by atoms with Gasteiger partial charge in [-0.25, -0.2) is 9.78 Å². The van der Waals surface area contributed by atoms with Crippen LogP contribution in [0.1, 0.15) is 41.0 Å². The van der Waals surface area contributed by atoms with Crippen LogP contribution in [0.3, 0.4) is 0 Å². The number of hydrogen-bond donors (Lipinski definition) is 1. The summed E-state index contributed by atoms with van der Waals surface area (Å²) in [5.41, 5.74) is 4.82. The lowest BCUT2D eigenvalue weighted by Crippen LogP contribution is -2.22. The second-order valence-electron chi connectivity index (χ2n) is 6.38. The van der Waals surface area contributed by atoms with Gasteiger partial charge in [0.1, 0.15) is 5.65 Å². The van der Waals surface area contributed by atoms with Crippen LogP contribution in [0.2, 0.25) is 0 Å². The van der Waals surface area contributed by atoms with Crippen molar-refractivity contribution in [2.75, 3.05) is 11.9 Å². The van der Waals surface area contributed by atoms with Crippen LogP contribution >= 0.6 is 0 Å². The number of carbonyl (C=O) groups excluding carboxylic acids is 2. The maximum Gasteiger partial charge on any atom is 0.359 e. The number of benzene rings is 1. The van der Waals surface area contributed by atoms with Gasteiger partial charge in [0.05, 0.1) is 0 Å². The van der Waals surface area contributed by atoms with Gasteiger partial charge in [-0.2, -0.15) is 0 Å². The Morgan fingerprint density at radius 2 is 1.85 bits per heavy atom. The number of nitrogens with one attached hydrogen (secondary N) is 1. The third kappa shape index (κ3) is 4.16. The highest BCUT2D eigenvalue weighted by Gasteiger charge is 2.16. The zero-order chi connectivity index (χ0) is 19.4. The zero-order valence-electron chi connectivity index (χ0n) is 15.8. The number of nitrogens with zero attached hydrogens (tertiary/aromatic N) is 2. The predicted molar refractivity (Wildman–Crippen MR) is 104 cm³/mol. The van der Waals surface area contributed by atoms with Crippen molar-refractivity contribution in [1.82, 2.24) is 9.38 Å². The van der Waals surface area contributed by atoms with E-state index in [1.807, 2.05) is 57.3 Å². The number of ether oxygens (including phenoxy) is 1. The van der Waals surface area contributed by atoms with E-state index in [9.17, 15) is 9.59 Å². The lowest BCUT2D eigenvalue weighted by Gasteiger charge is -2.14. The van der Waals surface area contributed by atoms with Crippen LogP contribution in [-0.4, -0.2) is 27.9 Å². The van der Waals surface area contributed by atoms with Gasteiger partial charge in [0.2, 0.25) is 0 Å². The summed E-state index contributed by atoms with van der Waals surface area (Å²) in [4.78, 5) is 28.8. The summed E-state index contributed by atoms with van der Waals surface area (Å²) in [6.45, 7) is 5.67. The maximum atomic E-state index is 12.3. The van der Waals surface area contributed by atoms with E-state index in [2.05, 4.69) is 10.3 Å². The Hall–Kier alpha value is -3.15. The fraction of sp³-hybridized carbons (Fsp3) is 0.286. The highest BCUT2D eigenvalue weighted by molar-refractivity contribution is 5.96. The molecule has 2 heterocycles. The third-order valence-corrected chi connectivity index (χ3v) is 4.42. The molecule has 0 aliphatic carbocycles. The number of esters is 1. The second kappa shape index (κ2) is 8.03. The number of para-hydroxylation sites is 1. The Morgan fingerprint density at radius 3 is 2.52 bits per heavy atom. The second-order valence-corrected chi connectivity index (χ2v) is 6.38. The zero-order valence-corrected chi connectivity index (χ0v) is 15.8. The molecule has 0 aliphatic rings. The molecule has 1 N–H and O–H groups in total. The average Bonchev–Trinajstić information content (AvgIpc) is 3.09. The van der Waals surface area contributed by atoms with Gasteiger partial charge in [0.25, 0.3) is 5.91 Å². The number of hydrogen-bond acceptors (Lipinski definition) is 4. The highest BCUT2D eigenvalue weighted by atomic mass is 16.5. The quantitative estimate of drug-likeness (QED) is 0.678. The monoisotopic (exact) mass is 365 g/mol. The van der Waals surface area contributed by atoms with Gasteiger partial charge in [0, 0.05) is 18.1 Å². The topological polar surface area (TPSA) is 72.7 Å². The van der Waals surface area contributed by atoms with Gasteiger partial charge >= 0.3 is 5.97 Å². The SMILES string of the molecule is CCc1cccc(CC)c1NC(=O)COC(=O)c1cn2ccc(C)cc2n1. The molecule has 6 heteroatoms. The number of rotatable bonds is 6. The van der Waals surface area contributed by atoms with Crippen molar-refractivity contribution in [1.29, 1.82) is 0 Å². The van der Waals surface area contributed by atoms with Crippen molar-refractivity contribution in [3.8, 4) is 0 Å². The first-order valence-electron chi connectivity index (χ1n) is 9.05. The molecule has 0 radical (unpaired) electrons. The minimum absolute atomic E-state index is 0.177. The molecular formula is C21H23N3O3. The van der Waals surface area contributed by atoms with Crippen LogP contribution in [0.4, 0.5) is 5.69 Å². The summed E-state index contributed by atoms with van der Waals surface area (Å²) in [7, 11) is 0. The standard InChI is InChI=1S/C21H23N3O3/c1-4-15-7-6-8-16(5-2)20(15)23-19(25)13-27-21(26)17-12-24-10-9-14(3)11-18(24)22-17/h6-12H,4-5,13H2,1-3H3,(H,23,25). The van der Waals surface area contributed by atoms with Gasteiger partial charge in [-0.3, -0.25) is 4.79 Å². The molecule has 1 amide bonds. The Bertz CT molecular complexity index is 969. The van der Waals surface area contributed by atoms with E-state index in [-0.39, 0.29) is 18.2 Å². The Labute approximate surface area is 158 Å². The van der Waals surface area contributed by atoms with E-state index in [1.54, 1.807) is 10.6 Å². The van der Waals surface area contributed by atoms with Gasteiger partial charge in [-0.15, -0.1) is 0 Å². The van der Waals surface area contributed by atoms with Gasteiger partial charge < -0.3 is 14.5 Å². The van der Waals surface area contributed by atoms with E-state index in [4.69, 9.17) is 4.74 Å².